The number of carbonyl (C=O) groups excluding carboxylic acids is 1. The number of carboxylic acids is 1. The fourth-order valence-corrected chi connectivity index (χ4v) is 1.62. The fraction of sp³-hybridized carbons (Fsp3) is 0.0714. The maximum atomic E-state index is 11.7. The van der Waals surface area contributed by atoms with Crippen molar-refractivity contribution in [2.75, 3.05) is 5.32 Å². The lowest BCUT2D eigenvalue weighted by Gasteiger charge is -2.09. The summed E-state index contributed by atoms with van der Waals surface area (Å²) in [7, 11) is 0. The van der Waals surface area contributed by atoms with Gasteiger partial charge in [-0.1, -0.05) is 30.3 Å². The Labute approximate surface area is 115 Å². The Kier molecular flexibility index (Phi) is 4.28. The number of urea groups is 1. The van der Waals surface area contributed by atoms with E-state index in [-0.39, 0.29) is 11.3 Å². The molecule has 6 heteroatoms. The number of pyridine rings is 1. The van der Waals surface area contributed by atoms with Gasteiger partial charge in [0.2, 0.25) is 0 Å². The van der Waals surface area contributed by atoms with Gasteiger partial charge < -0.3 is 15.7 Å². The van der Waals surface area contributed by atoms with Gasteiger partial charge in [0.25, 0.3) is 0 Å². The Balaban J connectivity index is 1.97. The average molecular weight is 271 g/mol. The van der Waals surface area contributed by atoms with Crippen molar-refractivity contribution in [1.82, 2.24) is 10.3 Å². The topological polar surface area (TPSA) is 91.3 Å². The van der Waals surface area contributed by atoms with Gasteiger partial charge in [-0.2, -0.15) is 0 Å². The van der Waals surface area contributed by atoms with Gasteiger partial charge in [0, 0.05) is 18.9 Å². The SMILES string of the molecule is O=C(NCc1ccccc1)Nc1ccncc1C(=O)O. The summed E-state index contributed by atoms with van der Waals surface area (Å²) in [5, 5.41) is 14.1. The number of hydrogen-bond donors (Lipinski definition) is 3. The van der Waals surface area contributed by atoms with E-state index in [1.165, 1.54) is 18.5 Å². The second kappa shape index (κ2) is 6.33. The van der Waals surface area contributed by atoms with Gasteiger partial charge in [-0.05, 0) is 11.6 Å². The molecule has 6 nitrogen and oxygen atoms in total. The molecule has 0 aliphatic rings. The zero-order chi connectivity index (χ0) is 14.4. The molecule has 0 saturated carbocycles. The Morgan fingerprint density at radius 3 is 2.60 bits per heavy atom. The van der Waals surface area contributed by atoms with Crippen molar-refractivity contribution >= 4 is 17.7 Å². The fourth-order valence-electron chi connectivity index (χ4n) is 1.62. The first-order valence-electron chi connectivity index (χ1n) is 5.93. The number of carboxylic acid groups (broad SMARTS) is 1. The summed E-state index contributed by atoms with van der Waals surface area (Å²) in [6, 6.07) is 10.4. The highest BCUT2D eigenvalue weighted by Gasteiger charge is 2.11. The van der Waals surface area contributed by atoms with Crippen molar-refractivity contribution in [2.45, 2.75) is 6.54 Å². The van der Waals surface area contributed by atoms with Crippen LogP contribution in [0.5, 0.6) is 0 Å². The lowest BCUT2D eigenvalue weighted by molar-refractivity contribution is 0.0697. The molecule has 0 fully saturated rings. The highest BCUT2D eigenvalue weighted by molar-refractivity contribution is 5.99. The molecular weight excluding hydrogens is 258 g/mol. The van der Waals surface area contributed by atoms with Crippen LogP contribution >= 0.6 is 0 Å². The first-order chi connectivity index (χ1) is 9.66. The molecular formula is C14H13N3O3. The van der Waals surface area contributed by atoms with Gasteiger partial charge >= 0.3 is 12.0 Å². The number of hydrogen-bond acceptors (Lipinski definition) is 3. The maximum Gasteiger partial charge on any atom is 0.339 e. The van der Waals surface area contributed by atoms with Crippen molar-refractivity contribution in [2.24, 2.45) is 0 Å². The molecule has 0 saturated heterocycles. The number of rotatable bonds is 4. The molecule has 0 aliphatic carbocycles. The van der Waals surface area contributed by atoms with E-state index in [4.69, 9.17) is 5.11 Å². The van der Waals surface area contributed by atoms with E-state index in [9.17, 15) is 9.59 Å². The monoisotopic (exact) mass is 271 g/mol. The third-order valence-electron chi connectivity index (χ3n) is 2.60. The number of aromatic nitrogens is 1. The van der Waals surface area contributed by atoms with Gasteiger partial charge in [-0.25, -0.2) is 9.59 Å². The van der Waals surface area contributed by atoms with Gasteiger partial charge in [0.1, 0.15) is 5.56 Å². The van der Waals surface area contributed by atoms with Crippen LogP contribution in [0, 0.1) is 0 Å². The standard InChI is InChI=1S/C14H13N3O3/c18-13(19)11-9-15-7-6-12(11)17-14(20)16-8-10-4-2-1-3-5-10/h1-7,9H,8H2,(H,18,19)(H2,15,16,17,20). The van der Waals surface area contributed by atoms with Crippen LogP contribution in [0.4, 0.5) is 10.5 Å². The van der Waals surface area contributed by atoms with Crippen molar-refractivity contribution in [3.05, 3.63) is 59.9 Å². The number of benzene rings is 1. The van der Waals surface area contributed by atoms with Crippen LogP contribution in [0.1, 0.15) is 15.9 Å². The van der Waals surface area contributed by atoms with Crippen LogP contribution in [-0.2, 0) is 6.54 Å². The Bertz CT molecular complexity index is 614. The molecule has 0 radical (unpaired) electrons. The number of nitrogens with one attached hydrogen (secondary N) is 2. The van der Waals surface area contributed by atoms with E-state index < -0.39 is 12.0 Å². The van der Waals surface area contributed by atoms with E-state index in [1.807, 2.05) is 30.3 Å². The molecule has 0 atom stereocenters. The van der Waals surface area contributed by atoms with Crippen LogP contribution in [0.25, 0.3) is 0 Å². The minimum atomic E-state index is -1.14. The van der Waals surface area contributed by atoms with Gasteiger partial charge in [0.15, 0.2) is 0 Å². The number of carbonyl (C=O) groups is 2. The lowest BCUT2D eigenvalue weighted by Crippen LogP contribution is -2.28. The average Bonchev–Trinajstić information content (AvgIpc) is 2.46. The van der Waals surface area contributed by atoms with Gasteiger partial charge in [-0.3, -0.25) is 4.98 Å². The molecule has 1 heterocycles. The summed E-state index contributed by atoms with van der Waals surface area (Å²) in [5.74, 6) is -1.14. The molecule has 0 aliphatic heterocycles. The van der Waals surface area contributed by atoms with E-state index in [1.54, 1.807) is 0 Å². The summed E-state index contributed by atoms with van der Waals surface area (Å²) in [4.78, 5) is 26.4. The predicted octanol–water partition coefficient (Wildman–Crippen LogP) is 2.10. The van der Waals surface area contributed by atoms with Crippen molar-refractivity contribution < 1.29 is 14.7 Å². The minimum Gasteiger partial charge on any atom is -0.478 e. The van der Waals surface area contributed by atoms with Crippen LogP contribution in [0.3, 0.4) is 0 Å². The van der Waals surface area contributed by atoms with Gasteiger partial charge in [-0.15, -0.1) is 0 Å². The van der Waals surface area contributed by atoms with Crippen LogP contribution in [0.2, 0.25) is 0 Å². The molecule has 0 unspecified atom stereocenters. The van der Waals surface area contributed by atoms with Crippen molar-refractivity contribution in [1.29, 1.82) is 0 Å². The quantitative estimate of drug-likeness (QED) is 0.794. The first kappa shape index (κ1) is 13.5. The highest BCUT2D eigenvalue weighted by Crippen LogP contribution is 2.13. The predicted molar refractivity (Wildman–Crippen MR) is 73.5 cm³/mol. The third-order valence-corrected chi connectivity index (χ3v) is 2.60. The van der Waals surface area contributed by atoms with Crippen LogP contribution in [0.15, 0.2) is 48.8 Å². The summed E-state index contributed by atoms with van der Waals surface area (Å²) in [6.45, 7) is 0.361. The number of anilines is 1. The second-order valence-electron chi connectivity index (χ2n) is 4.02. The molecule has 2 aromatic rings. The summed E-state index contributed by atoms with van der Waals surface area (Å²) >= 11 is 0. The molecule has 20 heavy (non-hydrogen) atoms. The number of amides is 2. The molecule has 3 N–H and O–H groups in total. The van der Waals surface area contributed by atoms with Crippen molar-refractivity contribution in [3.8, 4) is 0 Å². The number of nitrogens with zero attached hydrogens (tertiary/aromatic N) is 1. The summed E-state index contributed by atoms with van der Waals surface area (Å²) < 4.78 is 0. The molecule has 1 aromatic carbocycles. The molecule has 0 spiro atoms. The molecule has 2 amide bonds. The highest BCUT2D eigenvalue weighted by atomic mass is 16.4. The van der Waals surface area contributed by atoms with E-state index in [0.717, 1.165) is 5.56 Å². The first-order valence-corrected chi connectivity index (χ1v) is 5.93. The maximum absolute atomic E-state index is 11.7. The lowest BCUT2D eigenvalue weighted by atomic mass is 10.2. The largest absolute Gasteiger partial charge is 0.478 e. The third kappa shape index (κ3) is 3.55. The Morgan fingerprint density at radius 2 is 1.90 bits per heavy atom. The normalized spacial score (nSPS) is 9.80. The van der Waals surface area contributed by atoms with Crippen molar-refractivity contribution in [3.63, 3.8) is 0 Å². The second-order valence-corrected chi connectivity index (χ2v) is 4.02. The Hall–Kier alpha value is -2.89. The van der Waals surface area contributed by atoms with Crippen LogP contribution < -0.4 is 10.6 Å². The van der Waals surface area contributed by atoms with E-state index >= 15 is 0 Å². The molecule has 0 bridgehead atoms. The zero-order valence-electron chi connectivity index (χ0n) is 10.5. The Morgan fingerprint density at radius 1 is 1.15 bits per heavy atom. The zero-order valence-corrected chi connectivity index (χ0v) is 10.5. The van der Waals surface area contributed by atoms with Crippen LogP contribution in [-0.4, -0.2) is 22.1 Å². The van der Waals surface area contributed by atoms with E-state index in [0.29, 0.717) is 6.54 Å². The number of aromatic carboxylic acids is 1. The molecule has 1 aromatic heterocycles. The smallest absolute Gasteiger partial charge is 0.339 e. The summed E-state index contributed by atoms with van der Waals surface area (Å²) in [6.07, 6.45) is 2.61. The summed E-state index contributed by atoms with van der Waals surface area (Å²) in [5.41, 5.74) is 1.11. The minimum absolute atomic E-state index is 0.0534. The molecule has 102 valence electrons. The molecule has 2 rings (SSSR count). The van der Waals surface area contributed by atoms with E-state index in [2.05, 4.69) is 15.6 Å². The van der Waals surface area contributed by atoms with Gasteiger partial charge in [0.05, 0.1) is 5.69 Å².